The number of carbonyl (C=O) groups excluding carboxylic acids is 1. The average molecular weight is 304 g/mol. The molecule has 2 atom stereocenters. The van der Waals surface area contributed by atoms with Crippen molar-refractivity contribution in [3.8, 4) is 0 Å². The highest BCUT2D eigenvalue weighted by molar-refractivity contribution is 5.79. The Morgan fingerprint density at radius 2 is 2.18 bits per heavy atom. The number of carboxylic acid groups (broad SMARTS) is 1. The molecule has 2 unspecified atom stereocenters. The van der Waals surface area contributed by atoms with Gasteiger partial charge in [-0.15, -0.1) is 5.10 Å². The minimum atomic E-state index is -0.896. The second-order valence-electron chi connectivity index (χ2n) is 5.43. The Kier molecular flexibility index (Phi) is 3.44. The number of nitrogens with zero attached hydrogens (tertiary/aromatic N) is 4. The molecule has 0 radical (unpaired) electrons. The first-order chi connectivity index (χ1) is 10.5. The smallest absolute Gasteiger partial charge is 0.350 e. The number of pyridine rings is 1. The van der Waals surface area contributed by atoms with Gasteiger partial charge in [0.25, 0.3) is 0 Å². The van der Waals surface area contributed by atoms with E-state index < -0.39 is 11.9 Å². The highest BCUT2D eigenvalue weighted by Gasteiger charge is 2.38. The molecule has 2 aromatic heterocycles. The van der Waals surface area contributed by atoms with Crippen molar-refractivity contribution in [1.29, 1.82) is 0 Å². The van der Waals surface area contributed by atoms with Gasteiger partial charge < -0.3 is 10.0 Å². The molecule has 1 saturated heterocycles. The molecule has 1 fully saturated rings. The van der Waals surface area contributed by atoms with Crippen molar-refractivity contribution >= 4 is 17.5 Å². The Hall–Kier alpha value is -2.64. The summed E-state index contributed by atoms with van der Waals surface area (Å²) in [6, 6.07) is 4.77. The summed E-state index contributed by atoms with van der Waals surface area (Å²) in [5.41, 5.74) is 0.0868. The number of hydrogen-bond donors (Lipinski definition) is 1. The molecule has 8 nitrogen and oxygen atoms in total. The summed E-state index contributed by atoms with van der Waals surface area (Å²) in [7, 11) is 0. The Labute approximate surface area is 125 Å². The summed E-state index contributed by atoms with van der Waals surface area (Å²) in [6.45, 7) is 1.92. The van der Waals surface area contributed by atoms with E-state index >= 15 is 0 Å². The van der Waals surface area contributed by atoms with E-state index in [1.165, 1.54) is 9.30 Å². The molecule has 8 heteroatoms. The van der Waals surface area contributed by atoms with Gasteiger partial charge in [-0.3, -0.25) is 14.0 Å². The second kappa shape index (κ2) is 5.28. The van der Waals surface area contributed by atoms with Crippen LogP contribution in [0.1, 0.15) is 13.3 Å². The summed E-state index contributed by atoms with van der Waals surface area (Å²) < 4.78 is 2.47. The molecule has 0 aromatic carbocycles. The minimum absolute atomic E-state index is 0.183. The fourth-order valence-electron chi connectivity index (χ4n) is 2.91. The predicted octanol–water partition coefficient (Wildman–Crippen LogP) is -0.182. The molecular weight excluding hydrogens is 288 g/mol. The van der Waals surface area contributed by atoms with E-state index in [0.717, 1.165) is 4.68 Å². The predicted molar refractivity (Wildman–Crippen MR) is 76.4 cm³/mol. The quantitative estimate of drug-likeness (QED) is 0.848. The molecule has 0 spiro atoms. The van der Waals surface area contributed by atoms with Crippen molar-refractivity contribution in [1.82, 2.24) is 19.1 Å². The number of fused-ring (bicyclic) bond motifs is 1. The molecular formula is C14H16N4O4. The highest BCUT2D eigenvalue weighted by Crippen LogP contribution is 2.24. The Morgan fingerprint density at radius 1 is 1.41 bits per heavy atom. The lowest BCUT2D eigenvalue weighted by Gasteiger charge is -2.22. The van der Waals surface area contributed by atoms with Gasteiger partial charge in [0.05, 0.1) is 5.92 Å². The third-order valence-electron chi connectivity index (χ3n) is 4.17. The highest BCUT2D eigenvalue weighted by atomic mass is 16.4. The average Bonchev–Trinajstić information content (AvgIpc) is 3.01. The van der Waals surface area contributed by atoms with Crippen LogP contribution in [0.4, 0.5) is 0 Å². The molecule has 1 N–H and O–H groups in total. The van der Waals surface area contributed by atoms with Crippen LogP contribution in [0, 0.1) is 5.92 Å². The normalized spacial score (nSPS) is 21.4. The number of amides is 1. The van der Waals surface area contributed by atoms with Crippen LogP contribution in [0.25, 0.3) is 5.65 Å². The molecule has 1 amide bonds. The van der Waals surface area contributed by atoms with Crippen molar-refractivity contribution in [2.24, 2.45) is 5.92 Å². The summed E-state index contributed by atoms with van der Waals surface area (Å²) in [5, 5.41) is 13.2. The van der Waals surface area contributed by atoms with E-state index in [2.05, 4.69) is 5.10 Å². The second-order valence-corrected chi connectivity index (χ2v) is 5.43. The van der Waals surface area contributed by atoms with Gasteiger partial charge in [-0.05, 0) is 25.5 Å². The standard InChI is InChI=1S/C14H16N4O4/c1-9-10(13(20)21)5-7-16(9)12(19)8-18-14(22)17-6-3-2-4-11(17)15-18/h2-4,6,9-10H,5,7-8H2,1H3,(H,20,21). The lowest BCUT2D eigenvalue weighted by Crippen LogP contribution is -2.41. The number of aliphatic carboxylic acids is 1. The van der Waals surface area contributed by atoms with Crippen LogP contribution < -0.4 is 5.69 Å². The van der Waals surface area contributed by atoms with Crippen LogP contribution >= 0.6 is 0 Å². The Bertz CT molecular complexity index is 793. The molecule has 0 bridgehead atoms. The number of carbonyl (C=O) groups is 2. The van der Waals surface area contributed by atoms with Crippen molar-refractivity contribution in [3.05, 3.63) is 34.9 Å². The molecule has 2 aromatic rings. The van der Waals surface area contributed by atoms with Crippen LogP contribution in [0.15, 0.2) is 29.2 Å². The Morgan fingerprint density at radius 3 is 2.82 bits per heavy atom. The van der Waals surface area contributed by atoms with Gasteiger partial charge >= 0.3 is 11.7 Å². The topological polar surface area (TPSA) is 96.9 Å². The van der Waals surface area contributed by atoms with Crippen molar-refractivity contribution < 1.29 is 14.7 Å². The zero-order chi connectivity index (χ0) is 15.9. The van der Waals surface area contributed by atoms with Crippen molar-refractivity contribution in [2.75, 3.05) is 6.54 Å². The molecule has 1 aliphatic heterocycles. The first-order valence-electron chi connectivity index (χ1n) is 7.05. The molecule has 3 heterocycles. The van der Waals surface area contributed by atoms with E-state index in [4.69, 9.17) is 5.11 Å². The number of likely N-dealkylation sites (tertiary alicyclic amines) is 1. The summed E-state index contributed by atoms with van der Waals surface area (Å²) in [5.74, 6) is -1.74. The number of rotatable bonds is 3. The maximum atomic E-state index is 12.3. The Balaban J connectivity index is 1.81. The van der Waals surface area contributed by atoms with Gasteiger partial charge in [-0.1, -0.05) is 6.07 Å². The third kappa shape index (κ3) is 2.26. The summed E-state index contributed by atoms with van der Waals surface area (Å²) in [6.07, 6.45) is 2.02. The maximum Gasteiger partial charge on any atom is 0.350 e. The largest absolute Gasteiger partial charge is 0.481 e. The van der Waals surface area contributed by atoms with Gasteiger partial charge in [0.15, 0.2) is 5.65 Å². The zero-order valence-corrected chi connectivity index (χ0v) is 12.0. The third-order valence-corrected chi connectivity index (χ3v) is 4.17. The van der Waals surface area contributed by atoms with E-state index in [-0.39, 0.29) is 24.2 Å². The van der Waals surface area contributed by atoms with Gasteiger partial charge in [-0.2, -0.15) is 0 Å². The fraction of sp³-hybridized carbons (Fsp3) is 0.429. The fourth-order valence-corrected chi connectivity index (χ4v) is 2.91. The molecule has 22 heavy (non-hydrogen) atoms. The monoisotopic (exact) mass is 304 g/mol. The van der Waals surface area contributed by atoms with Gasteiger partial charge in [-0.25, -0.2) is 9.48 Å². The van der Waals surface area contributed by atoms with E-state index in [0.29, 0.717) is 18.6 Å². The van der Waals surface area contributed by atoms with Crippen LogP contribution in [-0.4, -0.2) is 48.7 Å². The van der Waals surface area contributed by atoms with Gasteiger partial charge in [0.1, 0.15) is 6.54 Å². The van der Waals surface area contributed by atoms with Gasteiger partial charge in [0.2, 0.25) is 5.91 Å². The number of hydrogen-bond acceptors (Lipinski definition) is 4. The lowest BCUT2D eigenvalue weighted by molar-refractivity contribution is -0.143. The molecule has 3 rings (SSSR count). The van der Waals surface area contributed by atoms with Gasteiger partial charge in [0, 0.05) is 18.8 Å². The van der Waals surface area contributed by atoms with Crippen LogP contribution in [0.5, 0.6) is 0 Å². The first kappa shape index (κ1) is 14.3. The first-order valence-corrected chi connectivity index (χ1v) is 7.05. The molecule has 1 aliphatic rings. The van der Waals surface area contributed by atoms with E-state index in [9.17, 15) is 14.4 Å². The maximum absolute atomic E-state index is 12.3. The van der Waals surface area contributed by atoms with Crippen molar-refractivity contribution in [2.45, 2.75) is 25.9 Å². The number of aromatic nitrogens is 3. The van der Waals surface area contributed by atoms with E-state index in [1.54, 1.807) is 31.3 Å². The SMILES string of the molecule is CC1C(C(=O)O)CCN1C(=O)Cn1nc2ccccn2c1=O. The summed E-state index contributed by atoms with van der Waals surface area (Å²) in [4.78, 5) is 37.1. The van der Waals surface area contributed by atoms with Crippen molar-refractivity contribution in [3.63, 3.8) is 0 Å². The molecule has 0 saturated carbocycles. The van der Waals surface area contributed by atoms with Crippen LogP contribution in [0.3, 0.4) is 0 Å². The lowest BCUT2D eigenvalue weighted by atomic mass is 10.0. The number of carboxylic acids is 1. The summed E-state index contributed by atoms with van der Waals surface area (Å²) >= 11 is 0. The minimum Gasteiger partial charge on any atom is -0.481 e. The zero-order valence-electron chi connectivity index (χ0n) is 12.0. The molecule has 116 valence electrons. The van der Waals surface area contributed by atoms with Crippen LogP contribution in [-0.2, 0) is 16.1 Å². The van der Waals surface area contributed by atoms with E-state index in [1.807, 2.05) is 0 Å². The molecule has 0 aliphatic carbocycles. The van der Waals surface area contributed by atoms with Crippen LogP contribution in [0.2, 0.25) is 0 Å².